The van der Waals surface area contributed by atoms with Gasteiger partial charge in [0.2, 0.25) is 0 Å². The van der Waals surface area contributed by atoms with Gasteiger partial charge in [-0.25, -0.2) is 4.39 Å². The standard InChI is InChI=1S/C13H19FN2O3/c1-2-3-6-18-7-8-19-12-5-4-10(14)9-11(12)13(15)16-17/h4-5,9,17H,2-3,6-8H2,1H3,(H2,15,16). The van der Waals surface area contributed by atoms with Gasteiger partial charge < -0.3 is 20.4 Å². The van der Waals surface area contributed by atoms with Gasteiger partial charge in [0.25, 0.3) is 0 Å². The summed E-state index contributed by atoms with van der Waals surface area (Å²) in [7, 11) is 0. The van der Waals surface area contributed by atoms with E-state index < -0.39 is 5.82 Å². The van der Waals surface area contributed by atoms with Crippen LogP contribution in [0.25, 0.3) is 0 Å². The summed E-state index contributed by atoms with van der Waals surface area (Å²) in [5.41, 5.74) is 5.67. The summed E-state index contributed by atoms with van der Waals surface area (Å²) in [6, 6.07) is 3.85. The van der Waals surface area contributed by atoms with Gasteiger partial charge in [0, 0.05) is 6.61 Å². The lowest BCUT2D eigenvalue weighted by Crippen LogP contribution is -2.16. The molecule has 0 radical (unpaired) electrons. The molecule has 5 nitrogen and oxygen atoms in total. The summed E-state index contributed by atoms with van der Waals surface area (Å²) in [6.45, 7) is 3.53. The van der Waals surface area contributed by atoms with Crippen molar-refractivity contribution in [1.29, 1.82) is 0 Å². The molecule has 0 aliphatic heterocycles. The lowest BCUT2D eigenvalue weighted by molar-refractivity contribution is 0.0979. The van der Waals surface area contributed by atoms with Gasteiger partial charge in [-0.3, -0.25) is 0 Å². The van der Waals surface area contributed by atoms with Crippen LogP contribution in [0, 0.1) is 5.82 Å². The normalized spacial score (nSPS) is 11.6. The predicted molar refractivity (Wildman–Crippen MR) is 70.1 cm³/mol. The highest BCUT2D eigenvalue weighted by Crippen LogP contribution is 2.19. The van der Waals surface area contributed by atoms with Gasteiger partial charge in [-0.1, -0.05) is 18.5 Å². The van der Waals surface area contributed by atoms with Crippen molar-refractivity contribution in [3.8, 4) is 5.75 Å². The Balaban J connectivity index is 2.53. The average Bonchev–Trinajstić information content (AvgIpc) is 2.43. The SMILES string of the molecule is CCCCOCCOc1ccc(F)cc1C(N)=NO. The number of hydrogen-bond donors (Lipinski definition) is 2. The number of benzene rings is 1. The quantitative estimate of drug-likeness (QED) is 0.249. The fraction of sp³-hybridized carbons (Fsp3) is 0.462. The fourth-order valence-corrected chi connectivity index (χ4v) is 1.44. The Hall–Kier alpha value is -1.82. The highest BCUT2D eigenvalue weighted by molar-refractivity contribution is 5.99. The first-order chi connectivity index (χ1) is 9.19. The number of unbranched alkanes of at least 4 members (excludes halogenated alkanes) is 1. The van der Waals surface area contributed by atoms with E-state index in [0.717, 1.165) is 18.9 Å². The van der Waals surface area contributed by atoms with Crippen LogP contribution in [0.5, 0.6) is 5.75 Å². The molecule has 0 saturated carbocycles. The molecule has 0 bridgehead atoms. The number of ether oxygens (including phenoxy) is 2. The number of amidine groups is 1. The van der Waals surface area contributed by atoms with E-state index in [4.69, 9.17) is 20.4 Å². The van der Waals surface area contributed by atoms with Crippen LogP contribution in [0.4, 0.5) is 4.39 Å². The van der Waals surface area contributed by atoms with Crippen LogP contribution in [0.3, 0.4) is 0 Å². The summed E-state index contributed by atoms with van der Waals surface area (Å²) >= 11 is 0. The topological polar surface area (TPSA) is 77.1 Å². The molecule has 0 atom stereocenters. The third-order valence-electron chi connectivity index (χ3n) is 2.45. The molecule has 1 aromatic rings. The maximum absolute atomic E-state index is 13.1. The Morgan fingerprint density at radius 1 is 1.37 bits per heavy atom. The first kappa shape index (κ1) is 15.2. The van der Waals surface area contributed by atoms with Crippen LogP contribution >= 0.6 is 0 Å². The smallest absolute Gasteiger partial charge is 0.173 e. The molecule has 106 valence electrons. The number of nitrogens with zero attached hydrogens (tertiary/aromatic N) is 1. The van der Waals surface area contributed by atoms with Crippen molar-refractivity contribution < 1.29 is 19.1 Å². The minimum atomic E-state index is -0.479. The zero-order valence-corrected chi connectivity index (χ0v) is 10.9. The highest BCUT2D eigenvalue weighted by Gasteiger charge is 2.09. The van der Waals surface area contributed by atoms with Crippen LogP contribution in [0.15, 0.2) is 23.4 Å². The maximum atomic E-state index is 13.1. The van der Waals surface area contributed by atoms with E-state index in [1.54, 1.807) is 0 Å². The predicted octanol–water partition coefficient (Wildman–Crippen LogP) is 2.12. The van der Waals surface area contributed by atoms with E-state index in [-0.39, 0.29) is 11.4 Å². The first-order valence-electron chi connectivity index (χ1n) is 6.17. The van der Waals surface area contributed by atoms with Gasteiger partial charge in [0.15, 0.2) is 5.84 Å². The van der Waals surface area contributed by atoms with Crippen molar-refractivity contribution in [2.24, 2.45) is 10.9 Å². The second-order valence-electron chi connectivity index (χ2n) is 3.94. The second-order valence-corrected chi connectivity index (χ2v) is 3.94. The Bertz CT molecular complexity index is 424. The zero-order chi connectivity index (χ0) is 14.1. The first-order valence-corrected chi connectivity index (χ1v) is 6.17. The summed E-state index contributed by atoms with van der Waals surface area (Å²) in [4.78, 5) is 0. The van der Waals surface area contributed by atoms with Crippen LogP contribution in [0.2, 0.25) is 0 Å². The molecule has 0 heterocycles. The molecule has 1 aromatic carbocycles. The Morgan fingerprint density at radius 3 is 2.84 bits per heavy atom. The van der Waals surface area contributed by atoms with E-state index >= 15 is 0 Å². The largest absolute Gasteiger partial charge is 0.490 e. The Labute approximate surface area is 111 Å². The molecule has 19 heavy (non-hydrogen) atoms. The zero-order valence-electron chi connectivity index (χ0n) is 10.9. The molecule has 0 saturated heterocycles. The molecule has 0 aliphatic rings. The van der Waals surface area contributed by atoms with Gasteiger partial charge in [-0.2, -0.15) is 0 Å². The Kier molecular flexibility index (Phi) is 6.67. The minimum Gasteiger partial charge on any atom is -0.490 e. The number of hydrogen-bond acceptors (Lipinski definition) is 4. The highest BCUT2D eigenvalue weighted by atomic mass is 19.1. The maximum Gasteiger partial charge on any atom is 0.173 e. The van der Waals surface area contributed by atoms with E-state index in [0.29, 0.717) is 25.6 Å². The number of halogens is 1. The van der Waals surface area contributed by atoms with Gasteiger partial charge >= 0.3 is 0 Å². The second kappa shape index (κ2) is 8.31. The van der Waals surface area contributed by atoms with Crippen molar-refractivity contribution in [3.05, 3.63) is 29.6 Å². The Morgan fingerprint density at radius 2 is 2.16 bits per heavy atom. The summed E-state index contributed by atoms with van der Waals surface area (Å²) in [5.74, 6) is -0.315. The van der Waals surface area contributed by atoms with E-state index in [2.05, 4.69) is 12.1 Å². The molecule has 0 spiro atoms. The molecule has 0 amide bonds. The van der Waals surface area contributed by atoms with Crippen molar-refractivity contribution in [2.75, 3.05) is 19.8 Å². The molecule has 0 unspecified atom stereocenters. The van der Waals surface area contributed by atoms with Crippen molar-refractivity contribution >= 4 is 5.84 Å². The fourth-order valence-electron chi connectivity index (χ4n) is 1.44. The van der Waals surface area contributed by atoms with E-state index in [9.17, 15) is 4.39 Å². The van der Waals surface area contributed by atoms with Crippen LogP contribution in [-0.2, 0) is 4.74 Å². The molecule has 3 N–H and O–H groups in total. The lowest BCUT2D eigenvalue weighted by Gasteiger charge is -2.11. The molecule has 6 heteroatoms. The van der Waals surface area contributed by atoms with Crippen LogP contribution in [0.1, 0.15) is 25.3 Å². The third-order valence-corrected chi connectivity index (χ3v) is 2.45. The molecule has 0 fully saturated rings. The van der Waals surface area contributed by atoms with Gasteiger partial charge in [-0.15, -0.1) is 0 Å². The summed E-state index contributed by atoms with van der Waals surface area (Å²) in [6.07, 6.45) is 2.08. The molecular formula is C13H19FN2O3. The third kappa shape index (κ3) is 5.13. The average molecular weight is 270 g/mol. The van der Waals surface area contributed by atoms with Crippen molar-refractivity contribution in [1.82, 2.24) is 0 Å². The number of nitrogens with two attached hydrogens (primary N) is 1. The molecule has 1 rings (SSSR count). The summed E-state index contributed by atoms with van der Waals surface area (Å²) < 4.78 is 23.9. The van der Waals surface area contributed by atoms with Crippen molar-refractivity contribution in [2.45, 2.75) is 19.8 Å². The van der Waals surface area contributed by atoms with Gasteiger partial charge in [-0.05, 0) is 24.6 Å². The van der Waals surface area contributed by atoms with Crippen LogP contribution < -0.4 is 10.5 Å². The van der Waals surface area contributed by atoms with Crippen molar-refractivity contribution in [3.63, 3.8) is 0 Å². The van der Waals surface area contributed by atoms with Gasteiger partial charge in [0.1, 0.15) is 18.2 Å². The van der Waals surface area contributed by atoms with Gasteiger partial charge in [0.05, 0.1) is 12.2 Å². The summed E-state index contributed by atoms with van der Waals surface area (Å²) in [5, 5.41) is 11.5. The molecule has 0 aliphatic carbocycles. The van der Waals surface area contributed by atoms with Crippen LogP contribution in [-0.4, -0.2) is 30.9 Å². The minimum absolute atomic E-state index is 0.193. The number of oxime groups is 1. The monoisotopic (exact) mass is 270 g/mol. The van der Waals surface area contributed by atoms with E-state index in [1.165, 1.54) is 12.1 Å². The lowest BCUT2D eigenvalue weighted by atomic mass is 10.2. The molecule has 0 aromatic heterocycles. The number of rotatable bonds is 8. The van der Waals surface area contributed by atoms with E-state index in [1.807, 2.05) is 0 Å². The molecular weight excluding hydrogens is 251 g/mol.